The molecule has 1 unspecified atom stereocenters. The van der Waals surface area contributed by atoms with Crippen molar-refractivity contribution < 1.29 is 4.39 Å². The number of para-hydroxylation sites is 1. The Bertz CT molecular complexity index is 329. The first-order chi connectivity index (χ1) is 7.77. The fourth-order valence-corrected chi connectivity index (χ4v) is 2.46. The zero-order valence-corrected chi connectivity index (χ0v) is 10.7. The molecule has 0 radical (unpaired) electrons. The van der Waals surface area contributed by atoms with E-state index in [4.69, 9.17) is 0 Å². The molecule has 0 aromatic heterocycles. The molecular formula is C12H16BrFN2. The van der Waals surface area contributed by atoms with E-state index in [0.717, 1.165) is 36.8 Å². The van der Waals surface area contributed by atoms with Crippen LogP contribution >= 0.6 is 15.9 Å². The van der Waals surface area contributed by atoms with Gasteiger partial charge in [0.2, 0.25) is 0 Å². The maximum atomic E-state index is 13.6. The molecule has 2 nitrogen and oxygen atoms in total. The molecule has 2 rings (SSSR count). The van der Waals surface area contributed by atoms with Crippen molar-refractivity contribution in [1.82, 2.24) is 5.32 Å². The van der Waals surface area contributed by atoms with Crippen LogP contribution in [0.25, 0.3) is 0 Å². The van der Waals surface area contributed by atoms with E-state index in [1.807, 2.05) is 6.07 Å². The zero-order valence-electron chi connectivity index (χ0n) is 9.10. The van der Waals surface area contributed by atoms with Crippen LogP contribution in [0.5, 0.6) is 0 Å². The maximum Gasteiger partial charge on any atom is 0.147 e. The molecule has 2 N–H and O–H groups in total. The predicted octanol–water partition coefficient (Wildman–Crippen LogP) is 3.14. The first kappa shape index (κ1) is 11.9. The summed E-state index contributed by atoms with van der Waals surface area (Å²) >= 11 is 3.38. The van der Waals surface area contributed by atoms with Crippen LogP contribution in [-0.4, -0.2) is 19.1 Å². The molecule has 1 aliphatic heterocycles. The van der Waals surface area contributed by atoms with E-state index < -0.39 is 0 Å². The van der Waals surface area contributed by atoms with Gasteiger partial charge in [0.05, 0.1) is 5.69 Å². The van der Waals surface area contributed by atoms with Gasteiger partial charge in [0.25, 0.3) is 0 Å². The fraction of sp³-hybridized carbons (Fsp3) is 0.500. The lowest BCUT2D eigenvalue weighted by Crippen LogP contribution is -2.22. The summed E-state index contributed by atoms with van der Waals surface area (Å²) < 4.78 is 14.4. The minimum Gasteiger partial charge on any atom is -0.379 e. The Labute approximate surface area is 104 Å². The van der Waals surface area contributed by atoms with Crippen molar-refractivity contribution in [3.05, 3.63) is 28.5 Å². The minimum atomic E-state index is -0.188. The maximum absolute atomic E-state index is 13.6. The highest BCUT2D eigenvalue weighted by molar-refractivity contribution is 9.10. The van der Waals surface area contributed by atoms with E-state index in [1.165, 1.54) is 6.07 Å². The first-order valence-corrected chi connectivity index (χ1v) is 6.48. The Morgan fingerprint density at radius 2 is 2.19 bits per heavy atom. The van der Waals surface area contributed by atoms with Crippen LogP contribution < -0.4 is 10.6 Å². The highest BCUT2D eigenvalue weighted by Crippen LogP contribution is 2.27. The van der Waals surface area contributed by atoms with E-state index in [1.54, 1.807) is 6.07 Å². The van der Waals surface area contributed by atoms with Gasteiger partial charge in [0, 0.05) is 10.5 Å². The molecule has 16 heavy (non-hydrogen) atoms. The van der Waals surface area contributed by atoms with Crippen LogP contribution in [0.2, 0.25) is 0 Å². The molecule has 1 fully saturated rings. The molecule has 88 valence electrons. The van der Waals surface area contributed by atoms with Crippen molar-refractivity contribution in [2.75, 3.05) is 18.4 Å². The molecule has 1 aliphatic rings. The lowest BCUT2D eigenvalue weighted by molar-refractivity contribution is 0.605. The minimum absolute atomic E-state index is 0.188. The van der Waals surface area contributed by atoms with Gasteiger partial charge in [-0.25, -0.2) is 4.39 Å². The van der Waals surface area contributed by atoms with Crippen LogP contribution in [0.1, 0.15) is 19.3 Å². The zero-order chi connectivity index (χ0) is 11.4. The Morgan fingerprint density at radius 1 is 1.31 bits per heavy atom. The molecule has 1 aromatic carbocycles. The average molecular weight is 287 g/mol. The Balaban J connectivity index is 2.07. The van der Waals surface area contributed by atoms with Gasteiger partial charge in [-0.3, -0.25) is 0 Å². The summed E-state index contributed by atoms with van der Waals surface area (Å²) in [5.41, 5.74) is 0.592. The van der Waals surface area contributed by atoms with Crippen LogP contribution in [0.4, 0.5) is 10.1 Å². The van der Waals surface area contributed by atoms with Crippen LogP contribution in [0.15, 0.2) is 22.7 Å². The lowest BCUT2D eigenvalue weighted by atomic mass is 10.1. The summed E-state index contributed by atoms with van der Waals surface area (Å²) in [5, 5.41) is 6.64. The third-order valence-electron chi connectivity index (χ3n) is 2.89. The van der Waals surface area contributed by atoms with Crippen LogP contribution in [0.3, 0.4) is 0 Å². The number of hydrogen-bond donors (Lipinski definition) is 2. The SMILES string of the molecule is Fc1cccc(Br)c1NC1CCCNCC1. The molecule has 1 aromatic rings. The lowest BCUT2D eigenvalue weighted by Gasteiger charge is -2.18. The number of benzene rings is 1. The standard InChI is InChI=1S/C12H16BrFN2/c13-10-4-1-5-11(14)12(10)16-9-3-2-7-15-8-6-9/h1,4-5,9,15-16H,2-3,6-8H2. The third-order valence-corrected chi connectivity index (χ3v) is 3.55. The summed E-state index contributed by atoms with van der Waals surface area (Å²) in [7, 11) is 0. The molecule has 1 atom stereocenters. The molecule has 0 spiro atoms. The second-order valence-electron chi connectivity index (χ2n) is 4.12. The van der Waals surface area contributed by atoms with Crippen LogP contribution in [0, 0.1) is 5.82 Å². The average Bonchev–Trinajstić information content (AvgIpc) is 2.52. The second-order valence-corrected chi connectivity index (χ2v) is 4.97. The number of rotatable bonds is 2. The smallest absolute Gasteiger partial charge is 0.147 e. The van der Waals surface area contributed by atoms with E-state index in [2.05, 4.69) is 26.6 Å². The van der Waals surface area contributed by atoms with Gasteiger partial charge in [-0.2, -0.15) is 0 Å². The van der Waals surface area contributed by atoms with E-state index in [9.17, 15) is 4.39 Å². The summed E-state index contributed by atoms with van der Waals surface area (Å²) in [6, 6.07) is 5.42. The third kappa shape index (κ3) is 2.95. The first-order valence-electron chi connectivity index (χ1n) is 5.68. The monoisotopic (exact) mass is 286 g/mol. The van der Waals surface area contributed by atoms with Gasteiger partial charge < -0.3 is 10.6 Å². The van der Waals surface area contributed by atoms with Crippen molar-refractivity contribution in [3.63, 3.8) is 0 Å². The van der Waals surface area contributed by atoms with Crippen LogP contribution in [-0.2, 0) is 0 Å². The molecule has 1 saturated heterocycles. The molecule has 0 bridgehead atoms. The van der Waals surface area contributed by atoms with Gasteiger partial charge in [0.15, 0.2) is 0 Å². The van der Waals surface area contributed by atoms with Gasteiger partial charge in [-0.05, 0) is 60.4 Å². The van der Waals surface area contributed by atoms with E-state index >= 15 is 0 Å². The van der Waals surface area contributed by atoms with E-state index in [-0.39, 0.29) is 5.82 Å². The van der Waals surface area contributed by atoms with Crippen molar-refractivity contribution in [1.29, 1.82) is 0 Å². The summed E-state index contributed by atoms with van der Waals surface area (Å²) in [4.78, 5) is 0. The van der Waals surface area contributed by atoms with Gasteiger partial charge in [-0.15, -0.1) is 0 Å². The number of nitrogens with one attached hydrogen (secondary N) is 2. The molecular weight excluding hydrogens is 271 g/mol. The highest BCUT2D eigenvalue weighted by atomic mass is 79.9. The Morgan fingerprint density at radius 3 is 3.00 bits per heavy atom. The predicted molar refractivity (Wildman–Crippen MR) is 68.2 cm³/mol. The van der Waals surface area contributed by atoms with Crippen molar-refractivity contribution in [3.8, 4) is 0 Å². The molecule has 4 heteroatoms. The second kappa shape index (κ2) is 5.64. The van der Waals surface area contributed by atoms with Crippen molar-refractivity contribution >= 4 is 21.6 Å². The van der Waals surface area contributed by atoms with Gasteiger partial charge in [-0.1, -0.05) is 6.07 Å². The Hall–Kier alpha value is -0.610. The largest absolute Gasteiger partial charge is 0.379 e. The summed E-state index contributed by atoms with van der Waals surface area (Å²) in [5.74, 6) is -0.188. The molecule has 0 aliphatic carbocycles. The highest BCUT2D eigenvalue weighted by Gasteiger charge is 2.14. The normalized spacial score (nSPS) is 21.5. The fourth-order valence-electron chi connectivity index (χ4n) is 2.00. The number of anilines is 1. The molecule has 1 heterocycles. The summed E-state index contributed by atoms with van der Waals surface area (Å²) in [6.07, 6.45) is 3.28. The molecule has 0 amide bonds. The topological polar surface area (TPSA) is 24.1 Å². The number of halogens is 2. The summed E-state index contributed by atoms with van der Waals surface area (Å²) in [6.45, 7) is 2.07. The van der Waals surface area contributed by atoms with Crippen molar-refractivity contribution in [2.45, 2.75) is 25.3 Å². The van der Waals surface area contributed by atoms with Crippen molar-refractivity contribution in [2.24, 2.45) is 0 Å². The molecule has 0 saturated carbocycles. The van der Waals surface area contributed by atoms with Gasteiger partial charge >= 0.3 is 0 Å². The quantitative estimate of drug-likeness (QED) is 0.873. The number of hydrogen-bond acceptors (Lipinski definition) is 2. The van der Waals surface area contributed by atoms with E-state index in [0.29, 0.717) is 11.7 Å². The van der Waals surface area contributed by atoms with Gasteiger partial charge in [0.1, 0.15) is 5.82 Å². The Kier molecular flexibility index (Phi) is 4.18.